The minimum Gasteiger partial charge on any atom is -0.458 e. The van der Waals surface area contributed by atoms with Crippen LogP contribution in [0.3, 0.4) is 0 Å². The van der Waals surface area contributed by atoms with Crippen LogP contribution in [0.5, 0.6) is 0 Å². The number of hydrogen-bond donors (Lipinski definition) is 1. The average molecular weight is 207 g/mol. The van der Waals surface area contributed by atoms with Gasteiger partial charge in [0.25, 0.3) is 0 Å². The van der Waals surface area contributed by atoms with Crippen LogP contribution in [0.15, 0.2) is 0 Å². The molecule has 1 radical (unpaired) electrons. The van der Waals surface area contributed by atoms with Crippen LogP contribution in [0.1, 0.15) is 0 Å². The molecule has 0 fully saturated rings. The number of hydrogen-bond acceptors (Lipinski definition) is 2. The van der Waals surface area contributed by atoms with Gasteiger partial charge in [0.15, 0.2) is 26.4 Å². The minimum absolute atomic E-state index is 0.673. The van der Waals surface area contributed by atoms with Crippen molar-refractivity contribution in [3.63, 3.8) is 0 Å². The van der Waals surface area contributed by atoms with Crippen molar-refractivity contribution in [2.45, 2.75) is 38.4 Å². The van der Waals surface area contributed by atoms with Crippen LogP contribution in [0.2, 0.25) is 38.4 Å². The molecule has 0 unspecified atom stereocenters. The molecule has 0 saturated carbocycles. The highest BCUT2D eigenvalue weighted by Crippen LogP contribution is 2.08. The summed E-state index contributed by atoms with van der Waals surface area (Å²) in [7, 11) is -3.38. The van der Waals surface area contributed by atoms with Crippen LogP contribution in [-0.4, -0.2) is 31.2 Å². The first-order chi connectivity index (χ1) is 4.81. The Morgan fingerprint density at radius 1 is 1.45 bits per heavy atom. The Morgan fingerprint density at radius 2 is 1.91 bits per heavy atom. The van der Waals surface area contributed by atoms with E-state index in [-0.39, 0.29) is 0 Å². The molecule has 0 rings (SSSR count). The lowest BCUT2D eigenvalue weighted by atomic mass is 11.8. The molecule has 11 heavy (non-hydrogen) atoms. The fourth-order valence-corrected chi connectivity index (χ4v) is 10.2. The topological polar surface area (TPSA) is 29.5 Å². The molecule has 0 aromatic rings. The largest absolute Gasteiger partial charge is 0.458 e. The van der Waals surface area contributed by atoms with Crippen LogP contribution < -0.4 is 0 Å². The summed E-state index contributed by atoms with van der Waals surface area (Å²) in [5, 5.41) is 0. The van der Waals surface area contributed by atoms with E-state index < -0.39 is 26.4 Å². The highest BCUT2D eigenvalue weighted by Gasteiger charge is 2.23. The Bertz CT molecular complexity index is 111. The first kappa shape index (κ1) is 11.6. The molecular weight excluding hydrogens is 188 g/mol. The van der Waals surface area contributed by atoms with Crippen molar-refractivity contribution in [1.29, 1.82) is 0 Å². The quantitative estimate of drug-likeness (QED) is 0.705. The molecule has 0 atom stereocenters. The lowest BCUT2D eigenvalue weighted by Crippen LogP contribution is -2.35. The van der Waals surface area contributed by atoms with Gasteiger partial charge in [-0.2, -0.15) is 0 Å². The van der Waals surface area contributed by atoms with Gasteiger partial charge in [-0.1, -0.05) is 0 Å². The molecule has 2 nitrogen and oxygen atoms in total. The summed E-state index contributed by atoms with van der Waals surface area (Å²) < 4.78 is 5.74. The van der Waals surface area contributed by atoms with Gasteiger partial charge in [-0.3, -0.25) is 0 Å². The summed E-state index contributed by atoms with van der Waals surface area (Å²) in [4.78, 5) is 9.60. The van der Waals surface area contributed by atoms with Crippen LogP contribution in [0.25, 0.3) is 0 Å². The van der Waals surface area contributed by atoms with Crippen LogP contribution in [-0.2, 0) is 4.12 Å². The van der Waals surface area contributed by atoms with Gasteiger partial charge >= 0.3 is 0 Å². The van der Waals surface area contributed by atoms with E-state index in [1.165, 1.54) is 0 Å². The van der Waals surface area contributed by atoms with Crippen molar-refractivity contribution in [3.05, 3.63) is 0 Å². The van der Waals surface area contributed by atoms with E-state index in [0.717, 1.165) is 5.67 Å². The molecule has 0 aromatic carbocycles. The van der Waals surface area contributed by atoms with Crippen LogP contribution in [0.4, 0.5) is 0 Å². The molecule has 0 aliphatic rings. The van der Waals surface area contributed by atoms with Gasteiger partial charge in [0.2, 0.25) is 0 Å². The van der Waals surface area contributed by atoms with Crippen molar-refractivity contribution in [2.24, 2.45) is 0 Å². The van der Waals surface area contributed by atoms with Gasteiger partial charge in [-0.25, -0.2) is 0 Å². The molecule has 0 bridgehead atoms. The summed E-state index contributed by atoms with van der Waals surface area (Å²) in [6.45, 7) is 10.5. The predicted octanol–water partition coefficient (Wildman–Crippen LogP) is 1.34. The number of rotatable bonds is 4. The molecule has 0 aliphatic carbocycles. The van der Waals surface area contributed by atoms with Crippen LogP contribution >= 0.6 is 0 Å². The Kier molecular flexibility index (Phi) is 4.80. The molecule has 0 aromatic heterocycles. The summed E-state index contributed by atoms with van der Waals surface area (Å²) in [6, 6.07) is 0. The Labute approximate surface area is 74.2 Å². The van der Waals surface area contributed by atoms with Gasteiger partial charge in [0.1, 0.15) is 0 Å². The second-order valence-corrected chi connectivity index (χ2v) is 13.3. The van der Waals surface area contributed by atoms with Crippen molar-refractivity contribution in [2.75, 3.05) is 0 Å². The lowest BCUT2D eigenvalue weighted by molar-refractivity contribution is 0.547. The summed E-state index contributed by atoms with van der Waals surface area (Å²) in [6.07, 6.45) is 0. The van der Waals surface area contributed by atoms with E-state index in [0.29, 0.717) is 0 Å². The van der Waals surface area contributed by atoms with Gasteiger partial charge < -0.3 is 8.91 Å². The highest BCUT2D eigenvalue weighted by atomic mass is 28.4. The molecule has 0 saturated heterocycles. The van der Waals surface area contributed by atoms with Gasteiger partial charge in [-0.15, -0.1) is 0 Å². The molecule has 0 amide bonds. The predicted molar refractivity (Wildman–Crippen MR) is 56.1 cm³/mol. The van der Waals surface area contributed by atoms with Crippen molar-refractivity contribution < 1.29 is 8.91 Å². The minimum atomic E-state index is -1.84. The summed E-state index contributed by atoms with van der Waals surface area (Å²) in [5.74, 6) is 0. The van der Waals surface area contributed by atoms with Gasteiger partial charge in [0, 0.05) is 0 Å². The Balaban J connectivity index is 3.61. The van der Waals surface area contributed by atoms with E-state index in [4.69, 9.17) is 4.12 Å². The van der Waals surface area contributed by atoms with Crippen molar-refractivity contribution in [1.82, 2.24) is 0 Å². The molecule has 1 N–H and O–H groups in total. The van der Waals surface area contributed by atoms with Crippen molar-refractivity contribution in [3.8, 4) is 0 Å². The maximum absolute atomic E-state index is 9.60. The normalized spacial score (nSPS) is 13.1. The molecular formula is C6H19O2Si3. The van der Waals surface area contributed by atoms with E-state index in [2.05, 4.69) is 19.6 Å². The molecule has 67 valence electrons. The maximum Gasteiger partial charge on any atom is 0.193 e. The zero-order valence-electron chi connectivity index (χ0n) is 8.14. The standard InChI is InChI=1S/C6H19O2Si3/c1-9(2)8-10(3)6-11(4,5)7/h7,9H,6H2,1-5H3. The fraction of sp³-hybridized carbons (Fsp3) is 1.00. The summed E-state index contributed by atoms with van der Waals surface area (Å²) >= 11 is 0. The second kappa shape index (κ2) is 4.56. The Morgan fingerprint density at radius 3 is 2.18 bits per heavy atom. The zero-order valence-corrected chi connectivity index (χ0v) is 11.3. The van der Waals surface area contributed by atoms with Crippen molar-refractivity contribution >= 4 is 26.4 Å². The first-order valence-corrected chi connectivity index (χ1v) is 12.1. The first-order valence-electron chi connectivity index (χ1n) is 4.03. The third-order valence-corrected chi connectivity index (χ3v) is 10.1. The Hall–Kier alpha value is 0.571. The lowest BCUT2D eigenvalue weighted by Gasteiger charge is -2.19. The molecule has 0 spiro atoms. The summed E-state index contributed by atoms with van der Waals surface area (Å²) in [5.41, 5.74) is 0.961. The van der Waals surface area contributed by atoms with E-state index in [9.17, 15) is 4.80 Å². The maximum atomic E-state index is 9.60. The van der Waals surface area contributed by atoms with Gasteiger partial charge in [0.05, 0.1) is 0 Å². The molecule has 0 heterocycles. The third kappa shape index (κ3) is 8.48. The molecule has 0 aliphatic heterocycles. The van der Waals surface area contributed by atoms with Crippen LogP contribution in [0, 0.1) is 0 Å². The van der Waals surface area contributed by atoms with Gasteiger partial charge in [-0.05, 0) is 38.4 Å². The SMILES string of the molecule is C[Si](C[Si](C)(C)O)O[SiH](C)C. The monoisotopic (exact) mass is 207 g/mol. The zero-order chi connectivity index (χ0) is 9.07. The van der Waals surface area contributed by atoms with E-state index >= 15 is 0 Å². The molecule has 5 heteroatoms. The second-order valence-electron chi connectivity index (χ2n) is 3.86. The average Bonchev–Trinajstić information content (AvgIpc) is 1.53. The third-order valence-electron chi connectivity index (χ3n) is 1.12. The fourth-order valence-electron chi connectivity index (χ4n) is 1.05. The van der Waals surface area contributed by atoms with E-state index in [1.807, 2.05) is 13.1 Å². The highest BCUT2D eigenvalue weighted by molar-refractivity contribution is 6.83. The van der Waals surface area contributed by atoms with E-state index in [1.54, 1.807) is 0 Å². The smallest absolute Gasteiger partial charge is 0.193 e.